The first-order chi connectivity index (χ1) is 6.06. The molecule has 0 aliphatic carbocycles. The van der Waals surface area contributed by atoms with Crippen LogP contribution >= 0.6 is 0 Å². The molecule has 1 rings (SSSR count). The standard InChI is InChI=1S/C11H22FN/c1-10-5-8-13(7-4-6-12)9-11(10,2)3/h10H,4-9H2,1-3H3. The molecule has 2 heteroatoms. The second-order valence-corrected chi connectivity index (χ2v) is 5.00. The molecule has 1 aliphatic heterocycles. The summed E-state index contributed by atoms with van der Waals surface area (Å²) in [6.45, 7) is 10.0. The summed E-state index contributed by atoms with van der Waals surface area (Å²) < 4.78 is 12.0. The van der Waals surface area contributed by atoms with E-state index >= 15 is 0 Å². The highest BCUT2D eigenvalue weighted by atomic mass is 19.1. The van der Waals surface area contributed by atoms with E-state index in [9.17, 15) is 4.39 Å². The molecule has 0 spiro atoms. The van der Waals surface area contributed by atoms with Crippen LogP contribution in [0.25, 0.3) is 0 Å². The van der Waals surface area contributed by atoms with Crippen LogP contribution < -0.4 is 0 Å². The van der Waals surface area contributed by atoms with Crippen molar-refractivity contribution in [1.82, 2.24) is 4.90 Å². The quantitative estimate of drug-likeness (QED) is 0.656. The molecule has 1 saturated heterocycles. The fourth-order valence-electron chi connectivity index (χ4n) is 2.05. The second kappa shape index (κ2) is 4.41. The summed E-state index contributed by atoms with van der Waals surface area (Å²) in [5.41, 5.74) is 0.411. The minimum absolute atomic E-state index is 0.174. The molecule has 0 aromatic rings. The zero-order valence-electron chi connectivity index (χ0n) is 9.15. The van der Waals surface area contributed by atoms with Crippen molar-refractivity contribution in [1.29, 1.82) is 0 Å². The van der Waals surface area contributed by atoms with Crippen LogP contribution in [0.4, 0.5) is 4.39 Å². The monoisotopic (exact) mass is 187 g/mol. The molecular weight excluding hydrogens is 165 g/mol. The molecule has 13 heavy (non-hydrogen) atoms. The van der Waals surface area contributed by atoms with Gasteiger partial charge in [-0.1, -0.05) is 20.8 Å². The van der Waals surface area contributed by atoms with Crippen molar-refractivity contribution >= 4 is 0 Å². The molecule has 0 aromatic carbocycles. The van der Waals surface area contributed by atoms with Gasteiger partial charge < -0.3 is 4.90 Å². The third-order valence-corrected chi connectivity index (χ3v) is 3.45. The van der Waals surface area contributed by atoms with Gasteiger partial charge in [-0.2, -0.15) is 0 Å². The smallest absolute Gasteiger partial charge is 0.0906 e. The Labute approximate surface area is 81.3 Å². The summed E-state index contributed by atoms with van der Waals surface area (Å²) in [4.78, 5) is 2.40. The zero-order chi connectivity index (χ0) is 9.90. The number of nitrogens with zero attached hydrogens (tertiary/aromatic N) is 1. The van der Waals surface area contributed by atoms with Crippen molar-refractivity contribution in [2.75, 3.05) is 26.3 Å². The zero-order valence-corrected chi connectivity index (χ0v) is 9.15. The van der Waals surface area contributed by atoms with Crippen LogP contribution in [0, 0.1) is 11.3 Å². The van der Waals surface area contributed by atoms with Crippen LogP contribution in [0.15, 0.2) is 0 Å². The van der Waals surface area contributed by atoms with Gasteiger partial charge >= 0.3 is 0 Å². The number of halogens is 1. The lowest BCUT2D eigenvalue weighted by atomic mass is 9.75. The highest BCUT2D eigenvalue weighted by Gasteiger charge is 2.32. The van der Waals surface area contributed by atoms with Crippen molar-refractivity contribution in [3.8, 4) is 0 Å². The van der Waals surface area contributed by atoms with Crippen LogP contribution in [0.3, 0.4) is 0 Å². The average molecular weight is 187 g/mol. The Hall–Kier alpha value is -0.110. The van der Waals surface area contributed by atoms with Gasteiger partial charge in [0.15, 0.2) is 0 Å². The van der Waals surface area contributed by atoms with Crippen molar-refractivity contribution in [2.24, 2.45) is 11.3 Å². The Morgan fingerprint density at radius 2 is 2.15 bits per heavy atom. The van der Waals surface area contributed by atoms with Gasteiger partial charge in [0, 0.05) is 13.1 Å². The van der Waals surface area contributed by atoms with Crippen molar-refractivity contribution in [2.45, 2.75) is 33.6 Å². The fourth-order valence-corrected chi connectivity index (χ4v) is 2.05. The molecule has 1 heterocycles. The van der Waals surface area contributed by atoms with Crippen LogP contribution in [0.1, 0.15) is 33.6 Å². The molecule has 1 fully saturated rings. The molecule has 0 amide bonds. The van der Waals surface area contributed by atoms with Crippen LogP contribution in [-0.2, 0) is 0 Å². The number of piperidine rings is 1. The van der Waals surface area contributed by atoms with Gasteiger partial charge in [0.2, 0.25) is 0 Å². The van der Waals surface area contributed by atoms with Crippen LogP contribution in [-0.4, -0.2) is 31.2 Å². The molecule has 0 saturated carbocycles. The van der Waals surface area contributed by atoms with Crippen LogP contribution in [0.5, 0.6) is 0 Å². The predicted octanol–water partition coefficient (Wildman–Crippen LogP) is 2.71. The molecule has 0 bridgehead atoms. The maximum absolute atomic E-state index is 12.0. The van der Waals surface area contributed by atoms with Gasteiger partial charge in [-0.05, 0) is 30.7 Å². The van der Waals surface area contributed by atoms with E-state index in [2.05, 4.69) is 25.7 Å². The molecular formula is C11H22FN. The Kier molecular flexibility index (Phi) is 3.72. The molecule has 0 aromatic heterocycles. The molecule has 1 aliphatic rings. The Morgan fingerprint density at radius 1 is 1.46 bits per heavy atom. The first kappa shape index (κ1) is 11.0. The summed E-state index contributed by atoms with van der Waals surface area (Å²) in [5.74, 6) is 0.800. The molecule has 0 radical (unpaired) electrons. The molecule has 1 nitrogen and oxygen atoms in total. The summed E-state index contributed by atoms with van der Waals surface area (Å²) in [6, 6.07) is 0. The molecule has 0 N–H and O–H groups in total. The van der Waals surface area contributed by atoms with Gasteiger partial charge in [0.1, 0.15) is 0 Å². The molecule has 1 unspecified atom stereocenters. The van der Waals surface area contributed by atoms with E-state index in [0.717, 1.165) is 25.6 Å². The van der Waals surface area contributed by atoms with Gasteiger partial charge in [0.05, 0.1) is 6.67 Å². The van der Waals surface area contributed by atoms with E-state index in [4.69, 9.17) is 0 Å². The third kappa shape index (κ3) is 2.94. The van der Waals surface area contributed by atoms with E-state index in [1.165, 1.54) is 6.42 Å². The van der Waals surface area contributed by atoms with Gasteiger partial charge in [0.25, 0.3) is 0 Å². The summed E-state index contributed by atoms with van der Waals surface area (Å²) in [7, 11) is 0. The number of alkyl halides is 1. The van der Waals surface area contributed by atoms with Crippen molar-refractivity contribution in [3.63, 3.8) is 0 Å². The Bertz CT molecular complexity index is 154. The number of likely N-dealkylation sites (tertiary alicyclic amines) is 1. The predicted molar refractivity (Wildman–Crippen MR) is 54.6 cm³/mol. The molecule has 78 valence electrons. The topological polar surface area (TPSA) is 3.24 Å². The van der Waals surface area contributed by atoms with E-state index < -0.39 is 0 Å². The SMILES string of the molecule is CC1CCN(CCCF)CC1(C)C. The minimum atomic E-state index is -0.174. The lowest BCUT2D eigenvalue weighted by Gasteiger charge is -2.42. The van der Waals surface area contributed by atoms with E-state index in [0.29, 0.717) is 11.8 Å². The van der Waals surface area contributed by atoms with Gasteiger partial charge in [-0.15, -0.1) is 0 Å². The number of hydrogen-bond donors (Lipinski definition) is 0. The minimum Gasteiger partial charge on any atom is -0.303 e. The van der Waals surface area contributed by atoms with E-state index in [1.54, 1.807) is 0 Å². The summed E-state index contributed by atoms with van der Waals surface area (Å²) in [6.07, 6.45) is 1.96. The lowest BCUT2D eigenvalue weighted by Crippen LogP contribution is -2.45. The van der Waals surface area contributed by atoms with Gasteiger partial charge in [-0.3, -0.25) is 4.39 Å². The largest absolute Gasteiger partial charge is 0.303 e. The first-order valence-corrected chi connectivity index (χ1v) is 5.34. The van der Waals surface area contributed by atoms with Gasteiger partial charge in [-0.25, -0.2) is 0 Å². The first-order valence-electron chi connectivity index (χ1n) is 5.34. The number of rotatable bonds is 3. The third-order valence-electron chi connectivity index (χ3n) is 3.45. The van der Waals surface area contributed by atoms with Crippen molar-refractivity contribution in [3.05, 3.63) is 0 Å². The average Bonchev–Trinajstić information content (AvgIpc) is 2.07. The fraction of sp³-hybridized carbons (Fsp3) is 1.00. The lowest BCUT2D eigenvalue weighted by molar-refractivity contribution is 0.0629. The molecule has 1 atom stereocenters. The van der Waals surface area contributed by atoms with E-state index in [-0.39, 0.29) is 6.67 Å². The highest BCUT2D eigenvalue weighted by molar-refractivity contribution is 4.84. The second-order valence-electron chi connectivity index (χ2n) is 5.00. The Morgan fingerprint density at radius 3 is 2.69 bits per heavy atom. The Balaban J connectivity index is 2.37. The normalized spacial score (nSPS) is 29.1. The summed E-state index contributed by atoms with van der Waals surface area (Å²) >= 11 is 0. The van der Waals surface area contributed by atoms with Crippen molar-refractivity contribution < 1.29 is 4.39 Å². The maximum atomic E-state index is 12.0. The number of hydrogen-bond acceptors (Lipinski definition) is 1. The maximum Gasteiger partial charge on any atom is 0.0906 e. The van der Waals surface area contributed by atoms with E-state index in [1.807, 2.05) is 0 Å². The highest BCUT2D eigenvalue weighted by Crippen LogP contribution is 2.34. The van der Waals surface area contributed by atoms with Crippen LogP contribution in [0.2, 0.25) is 0 Å². The summed E-state index contributed by atoms with van der Waals surface area (Å²) in [5, 5.41) is 0.